The Bertz CT molecular complexity index is 838. The molecule has 2 heterocycles. The van der Waals surface area contributed by atoms with E-state index in [-0.39, 0.29) is 17.6 Å². The topological polar surface area (TPSA) is 74.6 Å². The smallest absolute Gasteiger partial charge is 0.416 e. The zero-order valence-electron chi connectivity index (χ0n) is 15.2. The van der Waals surface area contributed by atoms with Crippen LogP contribution in [0.5, 0.6) is 0 Å². The molecule has 0 unspecified atom stereocenters. The van der Waals surface area contributed by atoms with Crippen LogP contribution in [0.4, 0.5) is 23.7 Å². The summed E-state index contributed by atoms with van der Waals surface area (Å²) in [5.41, 5.74) is 0.0309. The van der Waals surface area contributed by atoms with Crippen LogP contribution in [0.1, 0.15) is 34.5 Å². The molecule has 28 heavy (non-hydrogen) atoms. The van der Waals surface area contributed by atoms with Crippen molar-refractivity contribution in [2.45, 2.75) is 32.0 Å². The van der Waals surface area contributed by atoms with Crippen LogP contribution in [0, 0.1) is 6.92 Å². The van der Waals surface area contributed by atoms with Crippen LogP contribution in [0.15, 0.2) is 41.0 Å². The van der Waals surface area contributed by atoms with Gasteiger partial charge >= 0.3 is 12.2 Å². The standard InChI is InChI=1S/C19H20F3N3O3/c1-12-16(8-11-28-12)17(26)25-9-6-15(7-10-25)24-18(27)23-14-4-2-13(3-5-14)19(20,21)22/h2-5,8,11,15H,6-7,9-10H2,1H3,(H2,23,24,27). The summed E-state index contributed by atoms with van der Waals surface area (Å²) in [7, 11) is 0. The van der Waals surface area contributed by atoms with Gasteiger partial charge in [0.05, 0.1) is 17.4 Å². The molecule has 0 aliphatic carbocycles. The van der Waals surface area contributed by atoms with Crippen LogP contribution >= 0.6 is 0 Å². The maximum atomic E-state index is 12.6. The number of nitrogens with one attached hydrogen (secondary N) is 2. The number of hydrogen-bond donors (Lipinski definition) is 2. The highest BCUT2D eigenvalue weighted by Gasteiger charge is 2.30. The second kappa shape index (κ2) is 7.95. The number of carbonyl (C=O) groups excluding carboxylic acids is 2. The lowest BCUT2D eigenvalue weighted by Crippen LogP contribution is -2.47. The van der Waals surface area contributed by atoms with Gasteiger partial charge < -0.3 is 20.0 Å². The molecule has 1 aromatic carbocycles. The Labute approximate surface area is 159 Å². The molecule has 1 aliphatic heterocycles. The van der Waals surface area contributed by atoms with E-state index in [1.807, 2.05) is 0 Å². The number of likely N-dealkylation sites (tertiary alicyclic amines) is 1. The van der Waals surface area contributed by atoms with Crippen LogP contribution in [0.25, 0.3) is 0 Å². The van der Waals surface area contributed by atoms with Crippen molar-refractivity contribution in [2.24, 2.45) is 0 Å². The molecule has 3 amide bonds. The van der Waals surface area contributed by atoms with Gasteiger partial charge in [0.2, 0.25) is 0 Å². The Morgan fingerprint density at radius 3 is 2.29 bits per heavy atom. The van der Waals surface area contributed by atoms with Gasteiger partial charge in [-0.2, -0.15) is 13.2 Å². The number of benzene rings is 1. The van der Waals surface area contributed by atoms with Crippen molar-refractivity contribution in [1.82, 2.24) is 10.2 Å². The average molecular weight is 395 g/mol. The van der Waals surface area contributed by atoms with E-state index in [0.717, 1.165) is 12.1 Å². The fourth-order valence-corrected chi connectivity index (χ4v) is 3.10. The van der Waals surface area contributed by atoms with E-state index in [2.05, 4.69) is 10.6 Å². The van der Waals surface area contributed by atoms with Crippen molar-refractivity contribution in [2.75, 3.05) is 18.4 Å². The van der Waals surface area contributed by atoms with E-state index in [4.69, 9.17) is 4.42 Å². The molecule has 150 valence electrons. The number of urea groups is 1. The molecule has 1 aliphatic rings. The van der Waals surface area contributed by atoms with Gasteiger partial charge in [0.1, 0.15) is 5.76 Å². The fourth-order valence-electron chi connectivity index (χ4n) is 3.10. The lowest BCUT2D eigenvalue weighted by Gasteiger charge is -2.32. The second-order valence-electron chi connectivity index (χ2n) is 6.63. The van der Waals surface area contributed by atoms with Gasteiger partial charge in [0.15, 0.2) is 0 Å². The van der Waals surface area contributed by atoms with E-state index in [0.29, 0.717) is 37.3 Å². The molecular weight excluding hydrogens is 375 g/mol. The van der Waals surface area contributed by atoms with Crippen molar-refractivity contribution in [1.29, 1.82) is 0 Å². The minimum Gasteiger partial charge on any atom is -0.469 e. The van der Waals surface area contributed by atoms with E-state index < -0.39 is 17.8 Å². The first-order chi connectivity index (χ1) is 13.2. The predicted octanol–water partition coefficient (Wildman–Crippen LogP) is 4.03. The van der Waals surface area contributed by atoms with E-state index >= 15 is 0 Å². The molecule has 9 heteroatoms. The number of carbonyl (C=O) groups is 2. The molecule has 1 aromatic heterocycles. The lowest BCUT2D eigenvalue weighted by molar-refractivity contribution is -0.137. The molecule has 2 aromatic rings. The summed E-state index contributed by atoms with van der Waals surface area (Å²) in [5.74, 6) is 0.472. The SMILES string of the molecule is Cc1occc1C(=O)N1CCC(NC(=O)Nc2ccc(C(F)(F)F)cc2)CC1. The summed E-state index contributed by atoms with van der Waals surface area (Å²) in [6.45, 7) is 2.72. The molecule has 3 rings (SSSR count). The predicted molar refractivity (Wildman–Crippen MR) is 96.0 cm³/mol. The molecule has 1 fully saturated rings. The summed E-state index contributed by atoms with van der Waals surface area (Å²) in [6.07, 6.45) is -1.77. The highest BCUT2D eigenvalue weighted by molar-refractivity contribution is 5.95. The van der Waals surface area contributed by atoms with Crippen molar-refractivity contribution in [3.05, 3.63) is 53.5 Å². The monoisotopic (exact) mass is 395 g/mol. The maximum Gasteiger partial charge on any atom is 0.416 e. The molecule has 0 saturated carbocycles. The summed E-state index contributed by atoms with van der Waals surface area (Å²) in [6, 6.07) is 5.27. The number of alkyl halides is 3. The van der Waals surface area contributed by atoms with Crippen LogP contribution in [0.2, 0.25) is 0 Å². The number of anilines is 1. The highest BCUT2D eigenvalue weighted by atomic mass is 19.4. The quantitative estimate of drug-likeness (QED) is 0.824. The first-order valence-electron chi connectivity index (χ1n) is 8.82. The minimum atomic E-state index is -4.42. The fraction of sp³-hybridized carbons (Fsp3) is 0.368. The molecule has 1 saturated heterocycles. The second-order valence-corrected chi connectivity index (χ2v) is 6.63. The van der Waals surface area contributed by atoms with Crippen LogP contribution in [0.3, 0.4) is 0 Å². The first-order valence-corrected chi connectivity index (χ1v) is 8.82. The number of rotatable bonds is 3. The minimum absolute atomic E-state index is 0.0982. The Kier molecular flexibility index (Phi) is 5.62. The zero-order valence-corrected chi connectivity index (χ0v) is 15.2. The number of nitrogens with zero attached hydrogens (tertiary/aromatic N) is 1. The van der Waals surface area contributed by atoms with Crippen LogP contribution in [-0.2, 0) is 6.18 Å². The Hall–Kier alpha value is -2.97. The van der Waals surface area contributed by atoms with Crippen LogP contribution in [-0.4, -0.2) is 36.0 Å². The van der Waals surface area contributed by atoms with Crippen molar-refractivity contribution < 1.29 is 27.2 Å². The largest absolute Gasteiger partial charge is 0.469 e. The Balaban J connectivity index is 1.47. The van der Waals surface area contributed by atoms with Crippen molar-refractivity contribution in [3.63, 3.8) is 0 Å². The van der Waals surface area contributed by atoms with Crippen molar-refractivity contribution in [3.8, 4) is 0 Å². The number of amides is 3. The van der Waals surface area contributed by atoms with E-state index in [1.54, 1.807) is 17.9 Å². The number of hydrogen-bond acceptors (Lipinski definition) is 3. The molecule has 0 radical (unpaired) electrons. The van der Waals surface area contributed by atoms with Gasteiger partial charge in [0.25, 0.3) is 5.91 Å². The number of halogens is 3. The molecule has 0 atom stereocenters. The number of piperidine rings is 1. The zero-order chi connectivity index (χ0) is 20.3. The van der Waals surface area contributed by atoms with E-state index in [1.165, 1.54) is 18.4 Å². The third-order valence-electron chi connectivity index (χ3n) is 4.68. The first kappa shape index (κ1) is 19.8. The van der Waals surface area contributed by atoms with Gasteiger partial charge in [-0.1, -0.05) is 0 Å². The van der Waals surface area contributed by atoms with Crippen LogP contribution < -0.4 is 10.6 Å². The number of aryl methyl sites for hydroxylation is 1. The normalized spacial score (nSPS) is 15.4. The van der Waals surface area contributed by atoms with E-state index in [9.17, 15) is 22.8 Å². The summed E-state index contributed by atoms with van der Waals surface area (Å²) < 4.78 is 42.8. The number of furan rings is 1. The summed E-state index contributed by atoms with van der Waals surface area (Å²) in [5, 5.41) is 5.31. The third kappa shape index (κ3) is 4.65. The average Bonchev–Trinajstić information content (AvgIpc) is 3.07. The lowest BCUT2D eigenvalue weighted by atomic mass is 10.0. The van der Waals surface area contributed by atoms with Gasteiger partial charge in [-0.15, -0.1) is 0 Å². The summed E-state index contributed by atoms with van der Waals surface area (Å²) in [4.78, 5) is 26.2. The van der Waals surface area contributed by atoms with Gasteiger partial charge in [-0.25, -0.2) is 4.79 Å². The molecule has 0 spiro atoms. The third-order valence-corrected chi connectivity index (χ3v) is 4.68. The molecule has 0 bridgehead atoms. The van der Waals surface area contributed by atoms with Crippen molar-refractivity contribution >= 4 is 17.6 Å². The molecular formula is C19H20F3N3O3. The maximum absolute atomic E-state index is 12.6. The molecule has 6 nitrogen and oxygen atoms in total. The highest BCUT2D eigenvalue weighted by Crippen LogP contribution is 2.29. The summed E-state index contributed by atoms with van der Waals surface area (Å²) >= 11 is 0. The van der Waals surface area contributed by atoms with Gasteiger partial charge in [-0.3, -0.25) is 4.79 Å². The van der Waals surface area contributed by atoms with Gasteiger partial charge in [0, 0.05) is 24.8 Å². The molecule has 2 N–H and O–H groups in total. The Morgan fingerprint density at radius 2 is 1.75 bits per heavy atom. The van der Waals surface area contributed by atoms with Gasteiger partial charge in [-0.05, 0) is 50.1 Å². The Morgan fingerprint density at radius 1 is 1.11 bits per heavy atom.